The highest BCUT2D eigenvalue weighted by atomic mass is 16.2. The molecule has 16 heavy (non-hydrogen) atoms. The van der Waals surface area contributed by atoms with Crippen LogP contribution in [-0.4, -0.2) is 42.5 Å². The molecule has 0 radical (unpaired) electrons. The predicted molar refractivity (Wildman–Crippen MR) is 67.6 cm³/mol. The van der Waals surface area contributed by atoms with Gasteiger partial charge in [0, 0.05) is 26.7 Å². The van der Waals surface area contributed by atoms with Gasteiger partial charge in [-0.2, -0.15) is 0 Å². The highest BCUT2D eigenvalue weighted by Crippen LogP contribution is 2.11. The van der Waals surface area contributed by atoms with Gasteiger partial charge in [-0.3, -0.25) is 0 Å². The van der Waals surface area contributed by atoms with Crippen molar-refractivity contribution in [1.82, 2.24) is 9.80 Å². The van der Waals surface area contributed by atoms with Gasteiger partial charge in [0.1, 0.15) is 0 Å². The van der Waals surface area contributed by atoms with E-state index in [4.69, 9.17) is 0 Å². The van der Waals surface area contributed by atoms with Crippen LogP contribution in [0.5, 0.6) is 0 Å². The molecule has 94 valence electrons. The lowest BCUT2D eigenvalue weighted by Gasteiger charge is -2.27. The van der Waals surface area contributed by atoms with Crippen molar-refractivity contribution in [3.8, 4) is 0 Å². The summed E-state index contributed by atoms with van der Waals surface area (Å²) in [7, 11) is 1.93. The standard InChI is InChI=1S/C13H26N2O/c1-3-4-7-10-14(2)13(16)15-11-8-5-6-9-12-15/h3-12H2,1-2H3. The minimum absolute atomic E-state index is 0.234. The first-order valence-corrected chi connectivity index (χ1v) is 6.75. The number of urea groups is 1. The van der Waals surface area contributed by atoms with E-state index in [1.807, 2.05) is 16.8 Å². The summed E-state index contributed by atoms with van der Waals surface area (Å²) in [5.74, 6) is 0. The number of carbonyl (C=O) groups excluding carboxylic acids is 1. The van der Waals surface area contributed by atoms with Gasteiger partial charge in [-0.25, -0.2) is 4.79 Å². The van der Waals surface area contributed by atoms with Crippen LogP contribution in [0.15, 0.2) is 0 Å². The minimum atomic E-state index is 0.234. The average Bonchev–Trinajstić information content (AvgIpc) is 2.56. The number of carbonyl (C=O) groups is 1. The van der Waals surface area contributed by atoms with Crippen LogP contribution < -0.4 is 0 Å². The third-order valence-electron chi connectivity index (χ3n) is 3.30. The lowest BCUT2D eigenvalue weighted by atomic mass is 10.2. The van der Waals surface area contributed by atoms with E-state index >= 15 is 0 Å². The van der Waals surface area contributed by atoms with Crippen LogP contribution in [-0.2, 0) is 0 Å². The first kappa shape index (κ1) is 13.3. The molecule has 1 aliphatic heterocycles. The number of hydrogen-bond acceptors (Lipinski definition) is 1. The van der Waals surface area contributed by atoms with Gasteiger partial charge >= 0.3 is 6.03 Å². The van der Waals surface area contributed by atoms with E-state index in [1.165, 1.54) is 38.5 Å². The Bertz CT molecular complexity index is 198. The van der Waals surface area contributed by atoms with Gasteiger partial charge in [0.15, 0.2) is 0 Å². The van der Waals surface area contributed by atoms with Crippen LogP contribution in [0.3, 0.4) is 0 Å². The van der Waals surface area contributed by atoms with E-state index in [2.05, 4.69) is 6.92 Å². The Labute approximate surface area is 99.8 Å². The summed E-state index contributed by atoms with van der Waals surface area (Å²) in [5, 5.41) is 0. The molecule has 0 bridgehead atoms. The molecule has 1 saturated heterocycles. The zero-order chi connectivity index (χ0) is 11.8. The molecule has 3 heteroatoms. The number of unbranched alkanes of at least 4 members (excludes halogenated alkanes) is 2. The summed E-state index contributed by atoms with van der Waals surface area (Å²) in [6.45, 7) is 5.01. The van der Waals surface area contributed by atoms with Gasteiger partial charge in [0.05, 0.1) is 0 Å². The molecule has 0 aliphatic carbocycles. The molecule has 1 aliphatic rings. The number of likely N-dealkylation sites (tertiary alicyclic amines) is 1. The highest BCUT2D eigenvalue weighted by Gasteiger charge is 2.18. The fraction of sp³-hybridized carbons (Fsp3) is 0.923. The van der Waals surface area contributed by atoms with Crippen LogP contribution in [0.2, 0.25) is 0 Å². The summed E-state index contributed by atoms with van der Waals surface area (Å²) < 4.78 is 0. The molecule has 1 fully saturated rings. The van der Waals surface area contributed by atoms with E-state index in [1.54, 1.807) is 0 Å². The minimum Gasteiger partial charge on any atom is -0.328 e. The molecule has 0 unspecified atom stereocenters. The Kier molecular flexibility index (Phi) is 6.27. The van der Waals surface area contributed by atoms with Crippen molar-refractivity contribution in [3.05, 3.63) is 0 Å². The van der Waals surface area contributed by atoms with Crippen LogP contribution in [0, 0.1) is 0 Å². The Morgan fingerprint density at radius 2 is 1.75 bits per heavy atom. The van der Waals surface area contributed by atoms with Gasteiger partial charge in [0.25, 0.3) is 0 Å². The number of hydrogen-bond donors (Lipinski definition) is 0. The maximum atomic E-state index is 12.1. The second kappa shape index (κ2) is 7.53. The van der Waals surface area contributed by atoms with E-state index in [0.29, 0.717) is 0 Å². The molecule has 0 N–H and O–H groups in total. The fourth-order valence-corrected chi connectivity index (χ4v) is 2.20. The molecule has 0 spiro atoms. The van der Waals surface area contributed by atoms with Crippen molar-refractivity contribution < 1.29 is 4.79 Å². The van der Waals surface area contributed by atoms with E-state index in [9.17, 15) is 4.79 Å². The lowest BCUT2D eigenvalue weighted by molar-refractivity contribution is 0.164. The first-order valence-electron chi connectivity index (χ1n) is 6.75. The lowest BCUT2D eigenvalue weighted by Crippen LogP contribution is -2.42. The maximum Gasteiger partial charge on any atom is 0.319 e. The molecule has 1 rings (SSSR count). The highest BCUT2D eigenvalue weighted by molar-refractivity contribution is 5.74. The Morgan fingerprint density at radius 1 is 1.12 bits per heavy atom. The zero-order valence-corrected chi connectivity index (χ0v) is 10.9. The summed E-state index contributed by atoms with van der Waals surface area (Å²) in [4.78, 5) is 16.0. The molecular weight excluding hydrogens is 200 g/mol. The molecule has 2 amide bonds. The number of nitrogens with zero attached hydrogens (tertiary/aromatic N) is 2. The van der Waals surface area contributed by atoms with Crippen molar-refractivity contribution in [3.63, 3.8) is 0 Å². The normalized spacial score (nSPS) is 17.0. The average molecular weight is 226 g/mol. The summed E-state index contributed by atoms with van der Waals surface area (Å²) in [5.41, 5.74) is 0. The van der Waals surface area contributed by atoms with Crippen LogP contribution in [0.1, 0.15) is 51.9 Å². The van der Waals surface area contributed by atoms with Gasteiger partial charge in [-0.05, 0) is 19.3 Å². The van der Waals surface area contributed by atoms with Crippen LogP contribution in [0.4, 0.5) is 4.79 Å². The third-order valence-corrected chi connectivity index (χ3v) is 3.30. The molecule has 0 aromatic heterocycles. The zero-order valence-electron chi connectivity index (χ0n) is 10.9. The predicted octanol–water partition coefficient (Wildman–Crippen LogP) is 3.10. The Morgan fingerprint density at radius 3 is 2.31 bits per heavy atom. The van der Waals surface area contributed by atoms with Gasteiger partial charge in [-0.15, -0.1) is 0 Å². The number of rotatable bonds is 4. The van der Waals surface area contributed by atoms with Gasteiger partial charge in [0.2, 0.25) is 0 Å². The van der Waals surface area contributed by atoms with E-state index in [-0.39, 0.29) is 6.03 Å². The molecule has 0 aromatic carbocycles. The summed E-state index contributed by atoms with van der Waals surface area (Å²) in [6.07, 6.45) is 8.48. The Balaban J connectivity index is 2.30. The first-order chi connectivity index (χ1) is 7.75. The monoisotopic (exact) mass is 226 g/mol. The van der Waals surface area contributed by atoms with Crippen molar-refractivity contribution >= 4 is 6.03 Å². The number of amides is 2. The quantitative estimate of drug-likeness (QED) is 0.676. The largest absolute Gasteiger partial charge is 0.328 e. The van der Waals surface area contributed by atoms with Crippen LogP contribution >= 0.6 is 0 Å². The maximum absolute atomic E-state index is 12.1. The topological polar surface area (TPSA) is 23.6 Å². The van der Waals surface area contributed by atoms with Gasteiger partial charge in [-0.1, -0.05) is 32.6 Å². The summed E-state index contributed by atoms with van der Waals surface area (Å²) in [6, 6.07) is 0.234. The molecule has 0 aromatic rings. The van der Waals surface area contributed by atoms with Gasteiger partial charge < -0.3 is 9.80 Å². The molecule has 0 saturated carbocycles. The second-order valence-electron chi connectivity index (χ2n) is 4.81. The SMILES string of the molecule is CCCCCN(C)C(=O)N1CCCCCC1. The molecule has 3 nitrogen and oxygen atoms in total. The Hall–Kier alpha value is -0.730. The van der Waals surface area contributed by atoms with E-state index < -0.39 is 0 Å². The summed E-state index contributed by atoms with van der Waals surface area (Å²) >= 11 is 0. The molecular formula is C13H26N2O. The van der Waals surface area contributed by atoms with E-state index in [0.717, 1.165) is 26.1 Å². The van der Waals surface area contributed by atoms with Crippen molar-refractivity contribution in [1.29, 1.82) is 0 Å². The fourth-order valence-electron chi connectivity index (χ4n) is 2.20. The smallest absolute Gasteiger partial charge is 0.319 e. The van der Waals surface area contributed by atoms with Crippen molar-refractivity contribution in [2.45, 2.75) is 51.9 Å². The second-order valence-corrected chi connectivity index (χ2v) is 4.81. The van der Waals surface area contributed by atoms with Crippen molar-refractivity contribution in [2.24, 2.45) is 0 Å². The third kappa shape index (κ3) is 4.42. The molecule has 1 heterocycles. The van der Waals surface area contributed by atoms with Crippen molar-refractivity contribution in [2.75, 3.05) is 26.7 Å². The van der Waals surface area contributed by atoms with Crippen LogP contribution in [0.25, 0.3) is 0 Å². The molecule has 0 atom stereocenters.